The monoisotopic (exact) mass is 392 g/mol. The van der Waals surface area contributed by atoms with Crippen molar-refractivity contribution in [3.8, 4) is 0 Å². The Morgan fingerprint density at radius 1 is 1.11 bits per heavy atom. The van der Waals surface area contributed by atoms with Gasteiger partial charge in [0.25, 0.3) is 0 Å². The summed E-state index contributed by atoms with van der Waals surface area (Å²) in [6, 6.07) is 9.86. The second kappa shape index (κ2) is 8.08. The van der Waals surface area contributed by atoms with Crippen molar-refractivity contribution in [1.82, 2.24) is 0 Å². The molecule has 0 heterocycles. The van der Waals surface area contributed by atoms with E-state index in [0.29, 0.717) is 5.69 Å². The van der Waals surface area contributed by atoms with E-state index in [-0.39, 0.29) is 11.6 Å². The zero-order valence-electron chi connectivity index (χ0n) is 16.2. The van der Waals surface area contributed by atoms with Crippen LogP contribution in [0.5, 0.6) is 0 Å². The summed E-state index contributed by atoms with van der Waals surface area (Å²) in [4.78, 5) is 12.9. The van der Waals surface area contributed by atoms with E-state index in [2.05, 4.69) is 5.32 Å². The standard InChI is InChI=1S/C20H25FN2O3S/c1-13(2)18-11-6-8-14(3)19(18)22-20(24)15(4)23(27(5,25)26)17-10-7-9-16(21)12-17/h6-13,15H,1-5H3,(H,22,24)/t15-/m0/s1. The van der Waals surface area contributed by atoms with Crippen molar-refractivity contribution in [3.05, 3.63) is 59.4 Å². The third-order valence-electron chi connectivity index (χ3n) is 4.33. The average Bonchev–Trinajstić information content (AvgIpc) is 2.55. The number of halogens is 1. The molecule has 0 saturated heterocycles. The van der Waals surface area contributed by atoms with Crippen molar-refractivity contribution in [2.24, 2.45) is 0 Å². The Kier molecular flexibility index (Phi) is 6.26. The molecule has 146 valence electrons. The van der Waals surface area contributed by atoms with Crippen LogP contribution >= 0.6 is 0 Å². The third-order valence-corrected chi connectivity index (χ3v) is 5.57. The Balaban J connectivity index is 2.40. The molecular formula is C20H25FN2O3S. The van der Waals surface area contributed by atoms with Gasteiger partial charge in [-0.05, 0) is 49.1 Å². The van der Waals surface area contributed by atoms with E-state index < -0.39 is 27.8 Å². The third kappa shape index (κ3) is 4.86. The first-order valence-electron chi connectivity index (χ1n) is 8.67. The lowest BCUT2D eigenvalue weighted by molar-refractivity contribution is -0.116. The fourth-order valence-electron chi connectivity index (χ4n) is 2.99. The summed E-state index contributed by atoms with van der Waals surface area (Å²) < 4.78 is 39.1. The lowest BCUT2D eigenvalue weighted by atomic mass is 9.98. The van der Waals surface area contributed by atoms with Crippen LogP contribution in [0.2, 0.25) is 0 Å². The maximum atomic E-state index is 13.6. The summed E-state index contributed by atoms with van der Waals surface area (Å²) in [6.45, 7) is 7.40. The quantitative estimate of drug-likeness (QED) is 0.806. The summed E-state index contributed by atoms with van der Waals surface area (Å²) in [5.74, 6) is -0.875. The molecule has 7 heteroatoms. The fourth-order valence-corrected chi connectivity index (χ4v) is 4.16. The fraction of sp³-hybridized carbons (Fsp3) is 0.350. The lowest BCUT2D eigenvalue weighted by Crippen LogP contribution is -2.45. The minimum Gasteiger partial charge on any atom is -0.324 e. The molecule has 1 amide bonds. The number of rotatable bonds is 6. The Hall–Kier alpha value is -2.41. The molecule has 2 aromatic rings. The minimum absolute atomic E-state index is 0.106. The number of carbonyl (C=O) groups is 1. The number of nitrogens with zero attached hydrogens (tertiary/aromatic N) is 1. The number of hydrogen-bond donors (Lipinski definition) is 1. The summed E-state index contributed by atoms with van der Waals surface area (Å²) >= 11 is 0. The first-order valence-corrected chi connectivity index (χ1v) is 10.5. The molecule has 0 fully saturated rings. The van der Waals surface area contributed by atoms with E-state index in [4.69, 9.17) is 0 Å². The molecule has 0 aromatic heterocycles. The van der Waals surface area contributed by atoms with Crippen LogP contribution in [0.1, 0.15) is 37.8 Å². The van der Waals surface area contributed by atoms with Crippen LogP contribution in [0.3, 0.4) is 0 Å². The summed E-state index contributed by atoms with van der Waals surface area (Å²) in [7, 11) is -3.80. The minimum atomic E-state index is -3.80. The van der Waals surface area contributed by atoms with Crippen LogP contribution in [0.25, 0.3) is 0 Å². The molecule has 2 rings (SSSR count). The molecule has 0 spiro atoms. The largest absolute Gasteiger partial charge is 0.324 e. The van der Waals surface area contributed by atoms with Crippen molar-refractivity contribution in [2.45, 2.75) is 39.7 Å². The van der Waals surface area contributed by atoms with Crippen molar-refractivity contribution in [3.63, 3.8) is 0 Å². The van der Waals surface area contributed by atoms with Gasteiger partial charge in [0.15, 0.2) is 0 Å². The molecule has 27 heavy (non-hydrogen) atoms. The molecule has 0 saturated carbocycles. The van der Waals surface area contributed by atoms with Crippen LogP contribution < -0.4 is 9.62 Å². The van der Waals surface area contributed by atoms with Gasteiger partial charge in [0.05, 0.1) is 11.9 Å². The number of hydrogen-bond acceptors (Lipinski definition) is 3. The molecule has 1 atom stereocenters. The molecule has 0 aliphatic rings. The highest BCUT2D eigenvalue weighted by atomic mass is 32.2. The number of anilines is 2. The van der Waals surface area contributed by atoms with Crippen LogP contribution in [-0.2, 0) is 14.8 Å². The highest BCUT2D eigenvalue weighted by molar-refractivity contribution is 7.92. The summed E-state index contributed by atoms with van der Waals surface area (Å²) in [6.07, 6.45) is 0.995. The van der Waals surface area contributed by atoms with Crippen molar-refractivity contribution in [1.29, 1.82) is 0 Å². The molecule has 0 radical (unpaired) electrons. The van der Waals surface area contributed by atoms with Crippen LogP contribution in [0, 0.1) is 12.7 Å². The Bertz CT molecular complexity index is 942. The average molecular weight is 392 g/mol. The molecule has 0 aliphatic carbocycles. The maximum absolute atomic E-state index is 13.6. The number of benzene rings is 2. The van der Waals surface area contributed by atoms with Gasteiger partial charge in [-0.3, -0.25) is 9.10 Å². The van der Waals surface area contributed by atoms with E-state index in [1.54, 1.807) is 0 Å². The van der Waals surface area contributed by atoms with E-state index >= 15 is 0 Å². The topological polar surface area (TPSA) is 66.5 Å². The summed E-state index contributed by atoms with van der Waals surface area (Å²) in [5, 5.41) is 2.86. The number of aryl methyl sites for hydroxylation is 1. The SMILES string of the molecule is Cc1cccc(C(C)C)c1NC(=O)[C@H](C)N(c1cccc(F)c1)S(C)(=O)=O. The van der Waals surface area contributed by atoms with Crippen molar-refractivity contribution >= 4 is 27.3 Å². The molecule has 2 aromatic carbocycles. The predicted octanol–water partition coefficient (Wildman–Crippen LogP) is 4.05. The lowest BCUT2D eigenvalue weighted by Gasteiger charge is -2.29. The molecule has 5 nitrogen and oxygen atoms in total. The van der Waals surface area contributed by atoms with Gasteiger partial charge >= 0.3 is 0 Å². The first kappa shape index (κ1) is 20.9. The van der Waals surface area contributed by atoms with Crippen LogP contribution in [0.4, 0.5) is 15.8 Å². The maximum Gasteiger partial charge on any atom is 0.248 e. The zero-order chi connectivity index (χ0) is 20.4. The van der Waals surface area contributed by atoms with Crippen LogP contribution in [-0.4, -0.2) is 26.6 Å². The van der Waals surface area contributed by atoms with E-state index in [9.17, 15) is 17.6 Å². The predicted molar refractivity (Wildman–Crippen MR) is 107 cm³/mol. The van der Waals surface area contributed by atoms with E-state index in [0.717, 1.165) is 27.8 Å². The van der Waals surface area contributed by atoms with E-state index in [1.165, 1.54) is 25.1 Å². The number of nitrogens with one attached hydrogen (secondary N) is 1. The first-order chi connectivity index (χ1) is 12.5. The second-order valence-electron chi connectivity index (χ2n) is 6.90. The molecule has 0 aliphatic heterocycles. The zero-order valence-corrected chi connectivity index (χ0v) is 17.0. The van der Waals surface area contributed by atoms with Gasteiger partial charge in [0.1, 0.15) is 11.9 Å². The number of amides is 1. The van der Waals surface area contributed by atoms with Gasteiger partial charge in [0, 0.05) is 5.69 Å². The Morgan fingerprint density at radius 3 is 2.30 bits per heavy atom. The number of sulfonamides is 1. The highest BCUT2D eigenvalue weighted by Crippen LogP contribution is 2.28. The van der Waals surface area contributed by atoms with Gasteiger partial charge in [0.2, 0.25) is 15.9 Å². The van der Waals surface area contributed by atoms with Gasteiger partial charge in [-0.2, -0.15) is 0 Å². The molecule has 0 bridgehead atoms. The van der Waals surface area contributed by atoms with Gasteiger partial charge in [-0.25, -0.2) is 12.8 Å². The number of carbonyl (C=O) groups excluding carboxylic acids is 1. The Morgan fingerprint density at radius 2 is 1.74 bits per heavy atom. The normalized spacial score (nSPS) is 12.7. The van der Waals surface area contributed by atoms with Crippen LogP contribution in [0.15, 0.2) is 42.5 Å². The Labute approximate surface area is 160 Å². The molecule has 0 unspecified atom stereocenters. The molecular weight excluding hydrogens is 367 g/mol. The van der Waals surface area contributed by atoms with E-state index in [1.807, 2.05) is 39.0 Å². The second-order valence-corrected chi connectivity index (χ2v) is 8.76. The summed E-state index contributed by atoms with van der Waals surface area (Å²) in [5.41, 5.74) is 2.64. The number of para-hydroxylation sites is 1. The van der Waals surface area contributed by atoms with Crippen molar-refractivity contribution < 1.29 is 17.6 Å². The van der Waals surface area contributed by atoms with Gasteiger partial charge in [-0.1, -0.05) is 38.1 Å². The highest BCUT2D eigenvalue weighted by Gasteiger charge is 2.30. The van der Waals surface area contributed by atoms with Crippen molar-refractivity contribution in [2.75, 3.05) is 15.9 Å². The van der Waals surface area contributed by atoms with Gasteiger partial charge in [-0.15, -0.1) is 0 Å². The molecule has 1 N–H and O–H groups in total. The van der Waals surface area contributed by atoms with Gasteiger partial charge < -0.3 is 5.32 Å². The smallest absolute Gasteiger partial charge is 0.248 e.